The molecule has 0 aliphatic heterocycles. The van der Waals surface area contributed by atoms with E-state index in [-0.39, 0.29) is 6.10 Å². The van der Waals surface area contributed by atoms with Crippen LogP contribution >= 0.6 is 0 Å². The van der Waals surface area contributed by atoms with Gasteiger partial charge in [-0.2, -0.15) is 0 Å². The minimum atomic E-state index is 0.105. The Morgan fingerprint density at radius 2 is 2.43 bits per heavy atom. The summed E-state index contributed by atoms with van der Waals surface area (Å²) in [4.78, 5) is 0. The zero-order valence-corrected chi connectivity index (χ0v) is 4.35. The van der Waals surface area contributed by atoms with Crippen molar-refractivity contribution in [2.75, 3.05) is 0 Å². The van der Waals surface area contributed by atoms with Crippen LogP contribution in [-0.4, -0.2) is 11.2 Å². The Hall–Kier alpha value is -0.300. The van der Waals surface area contributed by atoms with Crippen LogP contribution in [0.4, 0.5) is 0 Å². The topological polar surface area (TPSA) is 22.9 Å². The van der Waals surface area contributed by atoms with Crippen molar-refractivity contribution in [3.8, 4) is 0 Å². The van der Waals surface area contributed by atoms with Gasteiger partial charge in [0.15, 0.2) is 6.10 Å². The van der Waals surface area contributed by atoms with Crippen LogP contribution in [-0.2, 0) is 0 Å². The van der Waals surface area contributed by atoms with Gasteiger partial charge in [0.1, 0.15) is 0 Å². The van der Waals surface area contributed by atoms with Crippen molar-refractivity contribution in [1.82, 2.24) is 0 Å². The summed E-state index contributed by atoms with van der Waals surface area (Å²) >= 11 is 0. The van der Waals surface area contributed by atoms with Crippen LogP contribution in [0.15, 0.2) is 12.2 Å². The SMILES string of the molecule is [OH2+][C@H]1C=CCCC1. The van der Waals surface area contributed by atoms with Crippen LogP contribution in [0.3, 0.4) is 0 Å². The average molecular weight is 99.2 g/mol. The lowest BCUT2D eigenvalue weighted by Gasteiger charge is -2.03. The third kappa shape index (κ3) is 1.32. The summed E-state index contributed by atoms with van der Waals surface area (Å²) in [5, 5.41) is 7.19. The second kappa shape index (κ2) is 2.12. The van der Waals surface area contributed by atoms with E-state index < -0.39 is 0 Å². The van der Waals surface area contributed by atoms with E-state index in [1.165, 1.54) is 12.8 Å². The van der Waals surface area contributed by atoms with Gasteiger partial charge in [-0.3, -0.25) is 0 Å². The van der Waals surface area contributed by atoms with E-state index in [1.54, 1.807) is 0 Å². The second-order valence-electron chi connectivity index (χ2n) is 1.97. The van der Waals surface area contributed by atoms with Gasteiger partial charge >= 0.3 is 0 Å². The fourth-order valence-electron chi connectivity index (χ4n) is 0.812. The Balaban J connectivity index is 2.36. The van der Waals surface area contributed by atoms with Gasteiger partial charge in [-0.05, 0) is 18.9 Å². The second-order valence-corrected chi connectivity index (χ2v) is 1.97. The molecule has 0 aromatic rings. The van der Waals surface area contributed by atoms with E-state index in [1.807, 2.05) is 6.08 Å². The molecule has 1 heteroatoms. The Morgan fingerprint density at radius 3 is 2.71 bits per heavy atom. The quantitative estimate of drug-likeness (QED) is 0.317. The summed E-state index contributed by atoms with van der Waals surface area (Å²) in [6, 6.07) is 0. The third-order valence-electron chi connectivity index (χ3n) is 1.25. The number of hydrogen-bond donors (Lipinski definition) is 0. The molecule has 2 N–H and O–H groups in total. The molecule has 0 aromatic heterocycles. The Kier molecular flexibility index (Phi) is 1.47. The molecule has 0 saturated heterocycles. The molecule has 7 heavy (non-hydrogen) atoms. The molecule has 0 heterocycles. The first-order chi connectivity index (χ1) is 3.39. The van der Waals surface area contributed by atoms with Crippen molar-refractivity contribution in [1.29, 1.82) is 0 Å². The van der Waals surface area contributed by atoms with Gasteiger partial charge in [0.25, 0.3) is 0 Å². The highest BCUT2D eigenvalue weighted by molar-refractivity contribution is 4.92. The van der Waals surface area contributed by atoms with Crippen LogP contribution in [0.1, 0.15) is 19.3 Å². The molecule has 0 saturated carbocycles. The molecule has 40 valence electrons. The monoisotopic (exact) mass is 99.1 g/mol. The van der Waals surface area contributed by atoms with Gasteiger partial charge in [-0.25, -0.2) is 0 Å². The zero-order valence-electron chi connectivity index (χ0n) is 4.35. The molecule has 1 nitrogen and oxygen atoms in total. The number of hydrogen-bond acceptors (Lipinski definition) is 0. The van der Waals surface area contributed by atoms with Gasteiger partial charge in [0.2, 0.25) is 0 Å². The molecule has 0 fully saturated rings. The number of allylic oxidation sites excluding steroid dienone is 1. The van der Waals surface area contributed by atoms with E-state index in [0.717, 1.165) is 6.42 Å². The van der Waals surface area contributed by atoms with Gasteiger partial charge in [-0.15, -0.1) is 0 Å². The Morgan fingerprint density at radius 1 is 1.57 bits per heavy atom. The minimum Gasteiger partial charge on any atom is -0.440 e. The molecular weight excluding hydrogens is 88.1 g/mol. The van der Waals surface area contributed by atoms with E-state index in [9.17, 15) is 0 Å². The molecule has 1 aliphatic carbocycles. The zero-order chi connectivity index (χ0) is 5.11. The van der Waals surface area contributed by atoms with Crippen molar-refractivity contribution in [3.05, 3.63) is 12.2 Å². The fourth-order valence-corrected chi connectivity index (χ4v) is 0.812. The van der Waals surface area contributed by atoms with E-state index in [4.69, 9.17) is 5.11 Å². The smallest absolute Gasteiger partial charge is 0.172 e. The van der Waals surface area contributed by atoms with Crippen LogP contribution < -0.4 is 0 Å². The summed E-state index contributed by atoms with van der Waals surface area (Å²) in [6.07, 6.45) is 7.65. The molecule has 0 radical (unpaired) electrons. The highest BCUT2D eigenvalue weighted by Crippen LogP contribution is 2.08. The predicted octanol–water partition coefficient (Wildman–Crippen LogP) is 0.820. The molecule has 0 amide bonds. The van der Waals surface area contributed by atoms with Crippen LogP contribution in [0.5, 0.6) is 0 Å². The van der Waals surface area contributed by atoms with Crippen molar-refractivity contribution >= 4 is 0 Å². The summed E-state index contributed by atoms with van der Waals surface area (Å²) in [5.74, 6) is 0. The van der Waals surface area contributed by atoms with Crippen LogP contribution in [0.25, 0.3) is 0 Å². The molecule has 1 atom stereocenters. The van der Waals surface area contributed by atoms with Gasteiger partial charge < -0.3 is 5.11 Å². The first-order valence-corrected chi connectivity index (χ1v) is 2.77. The summed E-state index contributed by atoms with van der Waals surface area (Å²) in [6.45, 7) is 0. The Labute approximate surface area is 43.7 Å². The molecule has 1 rings (SSSR count). The van der Waals surface area contributed by atoms with Crippen molar-refractivity contribution < 1.29 is 5.11 Å². The van der Waals surface area contributed by atoms with Gasteiger partial charge in [0.05, 0.1) is 0 Å². The molecular formula is C6H11O+. The van der Waals surface area contributed by atoms with E-state index in [0.29, 0.717) is 0 Å². The maximum atomic E-state index is 7.19. The van der Waals surface area contributed by atoms with Gasteiger partial charge in [-0.1, -0.05) is 6.08 Å². The van der Waals surface area contributed by atoms with Crippen LogP contribution in [0.2, 0.25) is 0 Å². The number of rotatable bonds is 0. The van der Waals surface area contributed by atoms with Crippen molar-refractivity contribution in [2.45, 2.75) is 25.4 Å². The van der Waals surface area contributed by atoms with E-state index >= 15 is 0 Å². The van der Waals surface area contributed by atoms with E-state index in [2.05, 4.69) is 6.08 Å². The van der Waals surface area contributed by atoms with Gasteiger partial charge in [0, 0.05) is 6.42 Å². The largest absolute Gasteiger partial charge is 0.440 e. The summed E-state index contributed by atoms with van der Waals surface area (Å²) in [7, 11) is 0. The minimum absolute atomic E-state index is 0.105. The first-order valence-electron chi connectivity index (χ1n) is 2.77. The van der Waals surface area contributed by atoms with Crippen LogP contribution in [0, 0.1) is 0 Å². The normalized spacial score (nSPS) is 30.7. The molecule has 0 aromatic carbocycles. The molecule has 0 bridgehead atoms. The van der Waals surface area contributed by atoms with Crippen molar-refractivity contribution in [3.63, 3.8) is 0 Å². The predicted molar refractivity (Wildman–Crippen MR) is 30.4 cm³/mol. The lowest BCUT2D eigenvalue weighted by Crippen LogP contribution is -2.04. The molecule has 0 spiro atoms. The average Bonchev–Trinajstić information content (AvgIpc) is 1.69. The standard InChI is InChI=1S/C6H10O/c7-6-4-2-1-3-5-6/h2,4,6-7H,1,3,5H2/p+1/t6-/m0/s1. The highest BCUT2D eigenvalue weighted by Gasteiger charge is 2.05. The summed E-state index contributed by atoms with van der Waals surface area (Å²) < 4.78 is 0. The Bertz CT molecular complexity index is 76.2. The van der Waals surface area contributed by atoms with Crippen molar-refractivity contribution in [2.24, 2.45) is 0 Å². The lowest BCUT2D eigenvalue weighted by molar-refractivity contribution is 0.204. The molecule has 0 unspecified atom stereocenters. The highest BCUT2D eigenvalue weighted by atomic mass is 16.3. The lowest BCUT2D eigenvalue weighted by atomic mass is 10.1. The maximum absolute atomic E-state index is 7.19. The third-order valence-corrected chi connectivity index (χ3v) is 1.25. The molecule has 1 aliphatic rings. The first kappa shape index (κ1) is 4.85. The maximum Gasteiger partial charge on any atom is 0.172 e. The summed E-state index contributed by atoms with van der Waals surface area (Å²) in [5.41, 5.74) is 0. The fraction of sp³-hybridized carbons (Fsp3) is 0.667.